The second-order valence-electron chi connectivity index (χ2n) is 6.03. The van der Waals surface area contributed by atoms with E-state index in [1.165, 1.54) is 6.26 Å². The number of hydrogen-bond acceptors (Lipinski definition) is 5. The van der Waals surface area contributed by atoms with E-state index in [2.05, 4.69) is 4.98 Å². The highest BCUT2D eigenvalue weighted by Crippen LogP contribution is 2.22. The number of benzene rings is 1. The Hall–Kier alpha value is -1.83. The second kappa shape index (κ2) is 6.96. The maximum atomic E-state index is 12.2. The van der Waals surface area contributed by atoms with Gasteiger partial charge in [-0.15, -0.1) is 0 Å². The van der Waals surface area contributed by atoms with Crippen LogP contribution < -0.4 is 0 Å². The van der Waals surface area contributed by atoms with Crippen molar-refractivity contribution in [2.24, 2.45) is 0 Å². The van der Waals surface area contributed by atoms with Gasteiger partial charge in [-0.1, -0.05) is 12.1 Å². The van der Waals surface area contributed by atoms with E-state index in [1.54, 1.807) is 10.4 Å². The normalized spacial score (nSPS) is 16.6. The molecular weight excluding hydrogens is 328 g/mol. The Labute approximate surface area is 141 Å². The Balaban J connectivity index is 1.88. The van der Waals surface area contributed by atoms with E-state index in [1.807, 2.05) is 24.3 Å². The van der Waals surface area contributed by atoms with Crippen molar-refractivity contribution in [1.82, 2.24) is 9.29 Å². The average molecular weight is 348 g/mol. The summed E-state index contributed by atoms with van der Waals surface area (Å²) < 4.78 is 31.3. The molecule has 24 heavy (non-hydrogen) atoms. The molecule has 2 heterocycles. The van der Waals surface area contributed by atoms with E-state index >= 15 is 0 Å². The van der Waals surface area contributed by atoms with Gasteiger partial charge >= 0.3 is 0 Å². The Morgan fingerprint density at radius 2 is 2.00 bits per heavy atom. The van der Waals surface area contributed by atoms with Crippen molar-refractivity contribution in [3.63, 3.8) is 0 Å². The number of aromatic nitrogens is 1. The van der Waals surface area contributed by atoms with Crippen LogP contribution in [0.25, 0.3) is 10.9 Å². The van der Waals surface area contributed by atoms with Gasteiger partial charge in [-0.3, -0.25) is 4.79 Å². The van der Waals surface area contributed by atoms with Gasteiger partial charge in [0.15, 0.2) is 6.29 Å². The minimum absolute atomic E-state index is 0.0278. The summed E-state index contributed by atoms with van der Waals surface area (Å²) in [6.45, 7) is 1.51. The maximum Gasteiger partial charge on any atom is 0.211 e. The summed E-state index contributed by atoms with van der Waals surface area (Å²) in [7, 11) is -3.31. The number of hydrogen-bond donors (Lipinski definition) is 0. The van der Waals surface area contributed by atoms with Gasteiger partial charge in [0.1, 0.15) is 5.69 Å². The van der Waals surface area contributed by atoms with Gasteiger partial charge in [0.2, 0.25) is 10.0 Å². The number of aldehydes is 1. The number of rotatable bonds is 5. The van der Waals surface area contributed by atoms with E-state index in [9.17, 15) is 13.2 Å². The molecule has 0 N–H and O–H groups in total. The number of nitrogens with zero attached hydrogens (tertiary/aromatic N) is 2. The summed E-state index contributed by atoms with van der Waals surface area (Å²) in [6.07, 6.45) is 3.39. The van der Waals surface area contributed by atoms with Crippen LogP contribution in [0.5, 0.6) is 0 Å². The smallest absolute Gasteiger partial charge is 0.211 e. The lowest BCUT2D eigenvalue weighted by Gasteiger charge is -2.32. The molecular formula is C17H20N2O4S. The number of carbonyl (C=O) groups excluding carboxylic acids is 1. The highest BCUT2D eigenvalue weighted by atomic mass is 32.2. The predicted molar refractivity (Wildman–Crippen MR) is 91.4 cm³/mol. The van der Waals surface area contributed by atoms with Crippen LogP contribution in [-0.2, 0) is 21.3 Å². The highest BCUT2D eigenvalue weighted by Gasteiger charge is 2.28. The molecule has 0 amide bonds. The molecule has 0 spiro atoms. The first-order valence-corrected chi connectivity index (χ1v) is 9.71. The van der Waals surface area contributed by atoms with Gasteiger partial charge in [0.25, 0.3) is 0 Å². The Morgan fingerprint density at radius 3 is 2.67 bits per heavy atom. The molecule has 2 aromatic rings. The van der Waals surface area contributed by atoms with E-state index in [4.69, 9.17) is 4.74 Å². The van der Waals surface area contributed by atoms with Gasteiger partial charge in [0.05, 0.1) is 11.8 Å². The van der Waals surface area contributed by atoms with Crippen LogP contribution in [-0.4, -0.2) is 49.5 Å². The molecule has 1 aliphatic rings. The summed E-state index contributed by atoms with van der Waals surface area (Å²) in [5.41, 5.74) is 2.01. The second-order valence-corrected chi connectivity index (χ2v) is 7.97. The third-order valence-electron chi connectivity index (χ3n) is 4.26. The fraction of sp³-hybridized carbons (Fsp3) is 0.412. The molecule has 0 saturated carbocycles. The molecule has 0 radical (unpaired) electrons. The fourth-order valence-electron chi connectivity index (χ4n) is 3.03. The maximum absolute atomic E-state index is 12.2. The van der Waals surface area contributed by atoms with Gasteiger partial charge in [-0.05, 0) is 36.6 Å². The third kappa shape index (κ3) is 3.80. The van der Waals surface area contributed by atoms with Crippen LogP contribution in [0.2, 0.25) is 0 Å². The molecule has 128 valence electrons. The lowest BCUT2D eigenvalue weighted by Crippen LogP contribution is -2.42. The van der Waals surface area contributed by atoms with Crippen LogP contribution in [0.1, 0.15) is 28.9 Å². The van der Waals surface area contributed by atoms with Crippen LogP contribution in [0.4, 0.5) is 0 Å². The summed E-state index contributed by atoms with van der Waals surface area (Å²) in [6, 6.07) is 9.07. The number of carbonyl (C=O) groups is 1. The number of pyridine rings is 1. The van der Waals surface area contributed by atoms with E-state index in [0.29, 0.717) is 44.6 Å². The number of ether oxygens (including phenoxy) is 1. The molecule has 0 aliphatic carbocycles. The molecule has 1 fully saturated rings. The zero-order valence-electron chi connectivity index (χ0n) is 13.5. The monoisotopic (exact) mass is 348 g/mol. The van der Waals surface area contributed by atoms with Crippen LogP contribution in [0.3, 0.4) is 0 Å². The number of sulfonamides is 1. The van der Waals surface area contributed by atoms with Crippen molar-refractivity contribution in [2.75, 3.05) is 19.5 Å². The highest BCUT2D eigenvalue weighted by molar-refractivity contribution is 7.88. The van der Waals surface area contributed by atoms with Crippen molar-refractivity contribution in [3.8, 4) is 0 Å². The molecule has 0 atom stereocenters. The zero-order valence-corrected chi connectivity index (χ0v) is 14.3. The van der Waals surface area contributed by atoms with E-state index < -0.39 is 10.0 Å². The Morgan fingerprint density at radius 1 is 1.25 bits per heavy atom. The molecule has 0 unspecified atom stereocenters. The first-order valence-electron chi connectivity index (χ1n) is 7.87. The summed E-state index contributed by atoms with van der Waals surface area (Å²) in [5.74, 6) is 0. The van der Waals surface area contributed by atoms with Gasteiger partial charge < -0.3 is 4.74 Å². The molecule has 3 rings (SSSR count). The Kier molecular flexibility index (Phi) is 4.93. The minimum atomic E-state index is -3.31. The van der Waals surface area contributed by atoms with Gasteiger partial charge in [0, 0.05) is 31.2 Å². The molecule has 1 aliphatic heterocycles. The predicted octanol–water partition coefficient (Wildman–Crippen LogP) is 1.99. The first-order chi connectivity index (χ1) is 11.5. The van der Waals surface area contributed by atoms with Gasteiger partial charge in [-0.2, -0.15) is 4.31 Å². The fourth-order valence-corrected chi connectivity index (χ4v) is 4.16. The van der Waals surface area contributed by atoms with Crippen LogP contribution >= 0.6 is 0 Å². The molecule has 0 bridgehead atoms. The third-order valence-corrected chi connectivity index (χ3v) is 5.54. The van der Waals surface area contributed by atoms with Crippen LogP contribution in [0, 0.1) is 0 Å². The summed E-state index contributed by atoms with van der Waals surface area (Å²) >= 11 is 0. The summed E-state index contributed by atoms with van der Waals surface area (Å²) in [4.78, 5) is 15.0. The Bertz CT molecular complexity index is 845. The van der Waals surface area contributed by atoms with Crippen molar-refractivity contribution in [1.29, 1.82) is 0 Å². The standard InChI is InChI=1S/C17H20N2O4S/c1-24(21,22)19(16-6-8-23-9-7-16)11-13-2-5-17-14(10-13)3-4-15(12-20)18-17/h2-5,10,12,16H,6-9,11H2,1H3. The van der Waals surface area contributed by atoms with Crippen LogP contribution in [0.15, 0.2) is 30.3 Å². The molecule has 1 aromatic carbocycles. The quantitative estimate of drug-likeness (QED) is 0.772. The minimum Gasteiger partial charge on any atom is -0.381 e. The molecule has 1 aromatic heterocycles. The van der Waals surface area contributed by atoms with Crippen molar-refractivity contribution in [3.05, 3.63) is 41.6 Å². The number of fused-ring (bicyclic) bond motifs is 1. The van der Waals surface area contributed by atoms with E-state index in [0.717, 1.165) is 16.5 Å². The van der Waals surface area contributed by atoms with Gasteiger partial charge in [-0.25, -0.2) is 13.4 Å². The molecule has 6 nitrogen and oxygen atoms in total. The summed E-state index contributed by atoms with van der Waals surface area (Å²) in [5, 5.41) is 0.888. The lowest BCUT2D eigenvalue weighted by atomic mass is 10.1. The first kappa shape index (κ1) is 17.0. The van der Waals surface area contributed by atoms with Crippen molar-refractivity contribution < 1.29 is 17.9 Å². The van der Waals surface area contributed by atoms with E-state index in [-0.39, 0.29) is 6.04 Å². The largest absolute Gasteiger partial charge is 0.381 e. The topological polar surface area (TPSA) is 76.6 Å². The molecule has 7 heteroatoms. The molecule has 1 saturated heterocycles. The SMILES string of the molecule is CS(=O)(=O)N(Cc1ccc2nc(C=O)ccc2c1)C1CCOCC1. The average Bonchev–Trinajstić information content (AvgIpc) is 2.59. The lowest BCUT2D eigenvalue weighted by molar-refractivity contribution is 0.0571. The zero-order chi connectivity index (χ0) is 17.2. The van der Waals surface area contributed by atoms with Crippen molar-refractivity contribution >= 4 is 27.2 Å². The van der Waals surface area contributed by atoms with Crippen molar-refractivity contribution in [2.45, 2.75) is 25.4 Å².